The molecule has 0 bridgehead atoms. The van der Waals surface area contributed by atoms with Gasteiger partial charge in [0.1, 0.15) is 0 Å². The molecule has 2 fully saturated rings. The number of aliphatic hydroxyl groups is 2. The molecule has 3 N–H and O–H groups in total. The van der Waals surface area contributed by atoms with E-state index >= 15 is 0 Å². The Morgan fingerprint density at radius 2 is 2.08 bits per heavy atom. The van der Waals surface area contributed by atoms with Crippen LogP contribution in [0, 0.1) is 23.7 Å². The molecule has 3 aliphatic carbocycles. The molecule has 0 aliphatic heterocycles. The summed E-state index contributed by atoms with van der Waals surface area (Å²) in [5.41, 5.74) is 1.25. The zero-order valence-corrected chi connectivity index (χ0v) is 14.8. The van der Waals surface area contributed by atoms with Crippen molar-refractivity contribution >= 4 is 5.97 Å². The second-order valence-corrected chi connectivity index (χ2v) is 7.91. The largest absolute Gasteiger partial charge is 0.481 e. The number of rotatable bonds is 7. The van der Waals surface area contributed by atoms with Crippen LogP contribution >= 0.6 is 0 Å². The molecule has 0 unspecified atom stereocenters. The van der Waals surface area contributed by atoms with E-state index < -0.39 is 5.97 Å². The SMILES string of the molecule is O=C(O)CC/C=C\C1=C[C@H]2C[C@@H](O)[C@H](/C=C/[C@@H](O)C3CCCC3)[C@H]2C1. The summed E-state index contributed by atoms with van der Waals surface area (Å²) < 4.78 is 0. The second-order valence-electron chi connectivity index (χ2n) is 7.91. The standard InChI is InChI=1S/C21H30O4/c22-19(15-6-2-3-7-15)10-9-17-18-12-14(5-1-4-8-21(24)25)11-16(18)13-20(17)23/h1,5,9-11,15-20,22-23H,2-4,6-8,12-13H2,(H,24,25)/b5-1-,10-9+/t16-,17+,18-,19+,20+/m0/s1. The van der Waals surface area contributed by atoms with E-state index in [1.165, 1.54) is 18.4 Å². The maximum absolute atomic E-state index is 10.6. The Labute approximate surface area is 149 Å². The maximum atomic E-state index is 10.6. The quantitative estimate of drug-likeness (QED) is 0.617. The molecule has 0 radical (unpaired) electrons. The normalized spacial score (nSPS) is 34.1. The summed E-state index contributed by atoms with van der Waals surface area (Å²) in [5.74, 6) is 0.534. The van der Waals surface area contributed by atoms with Crippen LogP contribution in [-0.2, 0) is 4.79 Å². The predicted molar refractivity (Wildman–Crippen MR) is 96.9 cm³/mol. The zero-order valence-electron chi connectivity index (χ0n) is 14.8. The fourth-order valence-electron chi connectivity index (χ4n) is 4.81. The van der Waals surface area contributed by atoms with Gasteiger partial charge in [-0.2, -0.15) is 0 Å². The number of aliphatic hydroxyl groups excluding tert-OH is 2. The van der Waals surface area contributed by atoms with E-state index in [0.29, 0.717) is 24.2 Å². The van der Waals surface area contributed by atoms with Crippen molar-refractivity contribution in [3.8, 4) is 0 Å². The molecule has 2 saturated carbocycles. The van der Waals surface area contributed by atoms with Crippen molar-refractivity contribution in [3.05, 3.63) is 36.0 Å². The molecule has 0 heterocycles. The molecule has 138 valence electrons. The Bertz CT molecular complexity index is 556. The Balaban J connectivity index is 1.54. The number of allylic oxidation sites excluding steroid dienone is 4. The van der Waals surface area contributed by atoms with Crippen LogP contribution in [-0.4, -0.2) is 33.5 Å². The molecule has 0 amide bonds. The zero-order chi connectivity index (χ0) is 17.8. The van der Waals surface area contributed by atoms with Crippen molar-refractivity contribution in [3.63, 3.8) is 0 Å². The predicted octanol–water partition coefficient (Wildman–Crippen LogP) is 3.46. The minimum absolute atomic E-state index is 0.113. The summed E-state index contributed by atoms with van der Waals surface area (Å²) in [4.78, 5) is 10.6. The van der Waals surface area contributed by atoms with Crippen LogP contribution in [0.1, 0.15) is 51.4 Å². The van der Waals surface area contributed by atoms with Gasteiger partial charge in [-0.1, -0.05) is 48.8 Å². The lowest BCUT2D eigenvalue weighted by Crippen LogP contribution is -2.19. The number of fused-ring (bicyclic) bond motifs is 1. The molecule has 0 spiro atoms. The van der Waals surface area contributed by atoms with Gasteiger partial charge >= 0.3 is 5.97 Å². The van der Waals surface area contributed by atoms with E-state index in [0.717, 1.165) is 25.7 Å². The van der Waals surface area contributed by atoms with Crippen molar-refractivity contribution in [1.29, 1.82) is 0 Å². The fraction of sp³-hybridized carbons (Fsp3) is 0.667. The molecular weight excluding hydrogens is 316 g/mol. The van der Waals surface area contributed by atoms with Crippen molar-refractivity contribution in [1.82, 2.24) is 0 Å². The lowest BCUT2D eigenvalue weighted by molar-refractivity contribution is -0.136. The molecule has 0 saturated heterocycles. The maximum Gasteiger partial charge on any atom is 0.303 e. The molecule has 0 aromatic heterocycles. The van der Waals surface area contributed by atoms with Crippen LogP contribution in [0.15, 0.2) is 36.0 Å². The fourth-order valence-corrected chi connectivity index (χ4v) is 4.81. The van der Waals surface area contributed by atoms with Gasteiger partial charge in [0.2, 0.25) is 0 Å². The molecular formula is C21H30O4. The molecule has 3 rings (SSSR count). The van der Waals surface area contributed by atoms with Gasteiger partial charge in [0, 0.05) is 12.3 Å². The van der Waals surface area contributed by atoms with Gasteiger partial charge in [0.15, 0.2) is 0 Å². The summed E-state index contributed by atoms with van der Waals surface area (Å²) in [6.45, 7) is 0. The Hall–Kier alpha value is -1.39. The van der Waals surface area contributed by atoms with Gasteiger partial charge in [-0.3, -0.25) is 4.79 Å². The first-order valence-electron chi connectivity index (χ1n) is 9.68. The Morgan fingerprint density at radius 3 is 2.80 bits per heavy atom. The number of hydrogen-bond acceptors (Lipinski definition) is 3. The van der Waals surface area contributed by atoms with Gasteiger partial charge in [0.25, 0.3) is 0 Å². The number of hydrogen-bond donors (Lipinski definition) is 3. The van der Waals surface area contributed by atoms with Crippen LogP contribution in [0.25, 0.3) is 0 Å². The smallest absolute Gasteiger partial charge is 0.303 e. The van der Waals surface area contributed by atoms with Gasteiger partial charge in [-0.15, -0.1) is 0 Å². The van der Waals surface area contributed by atoms with Gasteiger partial charge < -0.3 is 15.3 Å². The topological polar surface area (TPSA) is 77.8 Å². The lowest BCUT2D eigenvalue weighted by atomic mass is 9.88. The summed E-state index contributed by atoms with van der Waals surface area (Å²) in [7, 11) is 0. The third-order valence-corrected chi connectivity index (χ3v) is 6.17. The first-order chi connectivity index (χ1) is 12.0. The Kier molecular flexibility index (Phi) is 6.13. The van der Waals surface area contributed by atoms with Crippen molar-refractivity contribution in [2.75, 3.05) is 0 Å². The number of carboxylic acid groups (broad SMARTS) is 1. The minimum Gasteiger partial charge on any atom is -0.481 e. The molecule has 0 aromatic carbocycles. The van der Waals surface area contributed by atoms with Crippen molar-refractivity contribution in [2.24, 2.45) is 23.7 Å². The first kappa shape index (κ1) is 18.4. The lowest BCUT2D eigenvalue weighted by Gasteiger charge is -2.19. The third-order valence-electron chi connectivity index (χ3n) is 6.17. The molecule has 3 aliphatic rings. The highest BCUT2D eigenvalue weighted by Gasteiger charge is 2.43. The summed E-state index contributed by atoms with van der Waals surface area (Å²) in [6.07, 6.45) is 16.6. The molecule has 25 heavy (non-hydrogen) atoms. The second kappa shape index (κ2) is 8.33. The van der Waals surface area contributed by atoms with Gasteiger partial charge in [-0.05, 0) is 49.9 Å². The van der Waals surface area contributed by atoms with Gasteiger partial charge in [-0.25, -0.2) is 0 Å². The van der Waals surface area contributed by atoms with E-state index in [1.807, 2.05) is 18.2 Å². The van der Waals surface area contributed by atoms with Crippen LogP contribution in [0.4, 0.5) is 0 Å². The first-order valence-corrected chi connectivity index (χ1v) is 9.68. The average molecular weight is 346 g/mol. The molecule has 5 atom stereocenters. The van der Waals surface area contributed by atoms with E-state index in [1.54, 1.807) is 0 Å². The highest BCUT2D eigenvalue weighted by molar-refractivity contribution is 5.66. The summed E-state index contributed by atoms with van der Waals surface area (Å²) in [6, 6.07) is 0. The van der Waals surface area contributed by atoms with Crippen LogP contribution in [0.3, 0.4) is 0 Å². The van der Waals surface area contributed by atoms with Crippen LogP contribution in [0.2, 0.25) is 0 Å². The average Bonchev–Trinajstić information content (AvgIpc) is 3.26. The Morgan fingerprint density at radius 1 is 1.32 bits per heavy atom. The van der Waals surface area contributed by atoms with Crippen molar-refractivity contribution in [2.45, 2.75) is 63.6 Å². The third kappa shape index (κ3) is 4.62. The molecule has 4 nitrogen and oxygen atoms in total. The van der Waals surface area contributed by atoms with E-state index in [2.05, 4.69) is 12.2 Å². The van der Waals surface area contributed by atoms with E-state index in [9.17, 15) is 15.0 Å². The molecule has 0 aromatic rings. The molecule has 4 heteroatoms. The summed E-state index contributed by atoms with van der Waals surface area (Å²) >= 11 is 0. The number of carbonyl (C=O) groups is 1. The highest BCUT2D eigenvalue weighted by atomic mass is 16.4. The van der Waals surface area contributed by atoms with Gasteiger partial charge in [0.05, 0.1) is 12.2 Å². The van der Waals surface area contributed by atoms with Crippen LogP contribution in [0.5, 0.6) is 0 Å². The van der Waals surface area contributed by atoms with Crippen molar-refractivity contribution < 1.29 is 20.1 Å². The summed E-state index contributed by atoms with van der Waals surface area (Å²) in [5, 5.41) is 29.4. The highest BCUT2D eigenvalue weighted by Crippen LogP contribution is 2.47. The number of carboxylic acids is 1. The van der Waals surface area contributed by atoms with E-state index in [4.69, 9.17) is 5.11 Å². The van der Waals surface area contributed by atoms with Crippen LogP contribution < -0.4 is 0 Å². The number of aliphatic carboxylic acids is 1. The van der Waals surface area contributed by atoms with E-state index in [-0.39, 0.29) is 24.5 Å². The monoisotopic (exact) mass is 346 g/mol. The minimum atomic E-state index is -0.768.